The van der Waals surface area contributed by atoms with Gasteiger partial charge in [-0.05, 0) is 6.07 Å². The van der Waals surface area contributed by atoms with E-state index in [0.29, 0.717) is 17.1 Å². The highest BCUT2D eigenvalue weighted by Crippen LogP contribution is 2.40. The average Bonchev–Trinajstić information content (AvgIpc) is 3.03. The molecule has 2 aliphatic heterocycles. The molecule has 0 bridgehead atoms. The SMILES string of the molecule is N=C1SCC(=O)N1c1cc2c(cc1COCC(F)(F)F)OCO2. The Kier molecular flexibility index (Phi) is 4.11. The second-order valence-corrected chi connectivity index (χ2v) is 5.73. The molecule has 2 aliphatic rings. The minimum absolute atomic E-state index is 0.00550. The summed E-state index contributed by atoms with van der Waals surface area (Å²) in [5.74, 6) is 0.522. The van der Waals surface area contributed by atoms with Gasteiger partial charge < -0.3 is 14.2 Å². The number of amidine groups is 1. The number of benzene rings is 1. The number of hydrogen-bond donors (Lipinski definition) is 1. The zero-order valence-corrected chi connectivity index (χ0v) is 12.4. The highest BCUT2D eigenvalue weighted by Gasteiger charge is 2.33. The van der Waals surface area contributed by atoms with Crippen LogP contribution in [0.1, 0.15) is 5.56 Å². The smallest absolute Gasteiger partial charge is 0.411 e. The number of halogens is 3. The van der Waals surface area contributed by atoms with Crippen molar-refractivity contribution in [2.24, 2.45) is 0 Å². The number of carbonyl (C=O) groups is 1. The first kappa shape index (κ1) is 15.9. The van der Waals surface area contributed by atoms with E-state index < -0.39 is 12.8 Å². The van der Waals surface area contributed by atoms with Crippen LogP contribution in [0.15, 0.2) is 12.1 Å². The van der Waals surface area contributed by atoms with Crippen LogP contribution in [-0.2, 0) is 16.1 Å². The molecule has 6 nitrogen and oxygen atoms in total. The van der Waals surface area contributed by atoms with Gasteiger partial charge in [0.25, 0.3) is 0 Å². The van der Waals surface area contributed by atoms with E-state index >= 15 is 0 Å². The molecule has 0 unspecified atom stereocenters. The third-order valence-corrected chi connectivity index (χ3v) is 3.97. The van der Waals surface area contributed by atoms with Crippen molar-refractivity contribution in [3.63, 3.8) is 0 Å². The summed E-state index contributed by atoms with van der Waals surface area (Å²) >= 11 is 1.05. The Labute approximate surface area is 133 Å². The number of amides is 1. The van der Waals surface area contributed by atoms with Gasteiger partial charge in [-0.2, -0.15) is 13.2 Å². The fourth-order valence-electron chi connectivity index (χ4n) is 2.19. The maximum Gasteiger partial charge on any atom is 0.411 e. The van der Waals surface area contributed by atoms with Crippen LogP contribution in [0.25, 0.3) is 0 Å². The van der Waals surface area contributed by atoms with Crippen molar-refractivity contribution in [3.05, 3.63) is 17.7 Å². The van der Waals surface area contributed by atoms with Crippen molar-refractivity contribution in [3.8, 4) is 11.5 Å². The summed E-state index contributed by atoms with van der Waals surface area (Å²) in [6, 6.07) is 2.95. The molecule has 0 aliphatic carbocycles. The molecule has 0 spiro atoms. The van der Waals surface area contributed by atoms with Gasteiger partial charge in [0.1, 0.15) is 6.61 Å². The van der Waals surface area contributed by atoms with Crippen LogP contribution in [0.2, 0.25) is 0 Å². The first-order chi connectivity index (χ1) is 10.8. The molecular weight excluding hydrogens is 337 g/mol. The largest absolute Gasteiger partial charge is 0.454 e. The lowest BCUT2D eigenvalue weighted by Gasteiger charge is -2.20. The van der Waals surface area contributed by atoms with E-state index in [9.17, 15) is 18.0 Å². The number of anilines is 1. The van der Waals surface area contributed by atoms with Crippen LogP contribution in [0.3, 0.4) is 0 Å². The van der Waals surface area contributed by atoms with E-state index in [2.05, 4.69) is 4.74 Å². The predicted molar refractivity (Wildman–Crippen MR) is 75.9 cm³/mol. The fourth-order valence-corrected chi connectivity index (χ4v) is 2.91. The van der Waals surface area contributed by atoms with Crippen LogP contribution < -0.4 is 14.4 Å². The molecule has 1 aromatic carbocycles. The van der Waals surface area contributed by atoms with Crippen molar-refractivity contribution in [2.75, 3.05) is 24.1 Å². The van der Waals surface area contributed by atoms with Gasteiger partial charge in [0, 0.05) is 11.6 Å². The highest BCUT2D eigenvalue weighted by molar-refractivity contribution is 8.15. The van der Waals surface area contributed by atoms with Gasteiger partial charge in [0.05, 0.1) is 18.0 Å². The van der Waals surface area contributed by atoms with E-state index in [4.69, 9.17) is 14.9 Å². The summed E-state index contributed by atoms with van der Waals surface area (Å²) in [7, 11) is 0. The molecule has 124 valence electrons. The summed E-state index contributed by atoms with van der Waals surface area (Å²) in [5.41, 5.74) is 0.593. The maximum atomic E-state index is 12.2. The van der Waals surface area contributed by atoms with Crippen molar-refractivity contribution in [1.82, 2.24) is 0 Å². The summed E-state index contributed by atoms with van der Waals surface area (Å²) < 4.78 is 51.8. The highest BCUT2D eigenvalue weighted by atomic mass is 32.2. The van der Waals surface area contributed by atoms with Gasteiger partial charge in [0.2, 0.25) is 12.7 Å². The van der Waals surface area contributed by atoms with E-state index in [1.54, 1.807) is 0 Å². The van der Waals surface area contributed by atoms with Gasteiger partial charge in [-0.1, -0.05) is 11.8 Å². The van der Waals surface area contributed by atoms with Crippen molar-refractivity contribution in [2.45, 2.75) is 12.8 Å². The fraction of sp³-hybridized carbons (Fsp3) is 0.385. The number of nitrogens with one attached hydrogen (secondary N) is 1. The molecule has 0 atom stereocenters. The summed E-state index contributed by atoms with van der Waals surface area (Å²) in [4.78, 5) is 13.1. The molecule has 1 aromatic rings. The number of fused-ring (bicyclic) bond motifs is 1. The Balaban J connectivity index is 1.90. The lowest BCUT2D eigenvalue weighted by atomic mass is 10.1. The minimum Gasteiger partial charge on any atom is -0.454 e. The normalized spacial score (nSPS) is 17.3. The molecule has 3 rings (SSSR count). The molecule has 1 N–H and O–H groups in total. The summed E-state index contributed by atoms with van der Waals surface area (Å²) in [6.45, 7) is -1.78. The summed E-state index contributed by atoms with van der Waals surface area (Å²) in [6.07, 6.45) is -4.44. The third-order valence-electron chi connectivity index (χ3n) is 3.12. The summed E-state index contributed by atoms with van der Waals surface area (Å²) in [5, 5.41) is 7.82. The number of thioether (sulfide) groups is 1. The van der Waals surface area contributed by atoms with Crippen LogP contribution in [0, 0.1) is 5.41 Å². The van der Waals surface area contributed by atoms with Crippen LogP contribution in [0.4, 0.5) is 18.9 Å². The van der Waals surface area contributed by atoms with E-state index in [0.717, 1.165) is 16.7 Å². The van der Waals surface area contributed by atoms with Crippen molar-refractivity contribution in [1.29, 1.82) is 5.41 Å². The molecule has 1 amide bonds. The van der Waals surface area contributed by atoms with E-state index in [-0.39, 0.29) is 35.9 Å². The number of hydrogen-bond acceptors (Lipinski definition) is 6. The lowest BCUT2D eigenvalue weighted by molar-refractivity contribution is -0.176. The molecule has 1 fully saturated rings. The second kappa shape index (κ2) is 5.93. The topological polar surface area (TPSA) is 71.9 Å². The van der Waals surface area contributed by atoms with Gasteiger partial charge in [-0.15, -0.1) is 0 Å². The van der Waals surface area contributed by atoms with Crippen LogP contribution in [0.5, 0.6) is 11.5 Å². The van der Waals surface area contributed by atoms with Crippen LogP contribution >= 0.6 is 11.8 Å². The van der Waals surface area contributed by atoms with Crippen LogP contribution in [-0.4, -0.2) is 36.4 Å². The van der Waals surface area contributed by atoms with Crippen molar-refractivity contribution < 1.29 is 32.2 Å². The molecule has 0 saturated carbocycles. The zero-order chi connectivity index (χ0) is 16.6. The van der Waals surface area contributed by atoms with Crippen molar-refractivity contribution >= 4 is 28.5 Å². The second-order valence-electron chi connectivity index (χ2n) is 4.77. The minimum atomic E-state index is -4.44. The molecule has 0 aromatic heterocycles. The Morgan fingerprint density at radius 1 is 1.30 bits per heavy atom. The Morgan fingerprint density at radius 3 is 2.61 bits per heavy atom. The van der Waals surface area contributed by atoms with Gasteiger partial charge in [-0.25, -0.2) is 0 Å². The van der Waals surface area contributed by atoms with Gasteiger partial charge in [-0.3, -0.25) is 15.1 Å². The Bertz CT molecular complexity index is 649. The molecule has 1 saturated heterocycles. The number of ether oxygens (including phenoxy) is 3. The number of alkyl halides is 3. The zero-order valence-electron chi connectivity index (χ0n) is 11.6. The Hall–Kier alpha value is -1.94. The van der Waals surface area contributed by atoms with Gasteiger partial charge >= 0.3 is 6.18 Å². The lowest BCUT2D eigenvalue weighted by Crippen LogP contribution is -2.29. The number of carbonyl (C=O) groups excluding carboxylic acids is 1. The average molecular weight is 348 g/mol. The number of rotatable bonds is 4. The van der Waals surface area contributed by atoms with E-state index in [1.807, 2.05) is 0 Å². The monoisotopic (exact) mass is 348 g/mol. The third kappa shape index (κ3) is 3.37. The first-order valence-electron chi connectivity index (χ1n) is 6.46. The molecule has 2 heterocycles. The standard InChI is InChI=1S/C13H11F3N2O4S/c14-13(15,16)5-20-3-7-1-9-10(22-6-21-9)2-8(7)18-11(19)4-23-12(18)17/h1-2,17H,3-6H2. The molecule has 10 heteroatoms. The van der Waals surface area contributed by atoms with Gasteiger partial charge in [0.15, 0.2) is 16.7 Å². The van der Waals surface area contributed by atoms with E-state index in [1.165, 1.54) is 12.1 Å². The first-order valence-corrected chi connectivity index (χ1v) is 7.45. The molecular formula is C13H11F3N2O4S. The maximum absolute atomic E-state index is 12.2. The quantitative estimate of drug-likeness (QED) is 0.905. The predicted octanol–water partition coefficient (Wildman–Crippen LogP) is 2.51. The molecule has 0 radical (unpaired) electrons. The number of nitrogens with zero attached hydrogens (tertiary/aromatic N) is 1. The Morgan fingerprint density at radius 2 is 2.00 bits per heavy atom. The molecule has 23 heavy (non-hydrogen) atoms.